The molecule has 0 aliphatic rings. The zero-order valence-corrected chi connectivity index (χ0v) is 15.7. The summed E-state index contributed by atoms with van der Waals surface area (Å²) in [4.78, 5) is -0.855. The number of rotatable bonds is 4. The van der Waals surface area contributed by atoms with Crippen molar-refractivity contribution < 1.29 is 18.3 Å². The molecular weight excluding hydrogens is 409 g/mol. The number of phenols is 1. The van der Waals surface area contributed by atoms with E-state index in [0.29, 0.717) is 0 Å². The molecule has 0 heterocycles. The van der Waals surface area contributed by atoms with Gasteiger partial charge in [-0.3, -0.25) is 0 Å². The van der Waals surface area contributed by atoms with Gasteiger partial charge in [0.15, 0.2) is 11.5 Å². The van der Waals surface area contributed by atoms with Crippen LogP contribution in [0.15, 0.2) is 40.1 Å². The van der Waals surface area contributed by atoms with Crippen LogP contribution in [0.2, 0.25) is 15.1 Å². The van der Waals surface area contributed by atoms with Crippen LogP contribution in [-0.4, -0.2) is 20.6 Å². The SMILES string of the molecule is COc1cc(/C=C(\C#N)S(=O)(=O)c2cc(Cl)ccc2Cl)cc(Cl)c1O. The Hall–Kier alpha value is -1.91. The lowest BCUT2D eigenvalue weighted by molar-refractivity contribution is 0.373. The van der Waals surface area contributed by atoms with Crippen molar-refractivity contribution in [2.75, 3.05) is 7.11 Å². The summed E-state index contributed by atoms with van der Waals surface area (Å²) in [6, 6.07) is 8.19. The lowest BCUT2D eigenvalue weighted by Crippen LogP contribution is -2.04. The second-order valence-electron chi connectivity index (χ2n) is 4.75. The van der Waals surface area contributed by atoms with E-state index in [0.717, 1.165) is 12.1 Å². The fraction of sp³-hybridized carbons (Fsp3) is 0.0625. The second-order valence-corrected chi connectivity index (χ2v) is 7.89. The maximum Gasteiger partial charge on any atom is 0.218 e. The molecular formula is C16H10Cl3NO4S. The highest BCUT2D eigenvalue weighted by Crippen LogP contribution is 2.36. The normalized spacial score (nSPS) is 11.9. The number of hydrogen-bond donors (Lipinski definition) is 1. The zero-order chi connectivity index (χ0) is 18.8. The molecule has 25 heavy (non-hydrogen) atoms. The van der Waals surface area contributed by atoms with E-state index in [9.17, 15) is 18.8 Å². The van der Waals surface area contributed by atoms with E-state index in [1.807, 2.05) is 0 Å². The highest BCUT2D eigenvalue weighted by Gasteiger charge is 2.24. The quantitative estimate of drug-likeness (QED) is 0.727. The van der Waals surface area contributed by atoms with Gasteiger partial charge in [0.25, 0.3) is 0 Å². The van der Waals surface area contributed by atoms with Crippen molar-refractivity contribution in [3.05, 3.63) is 55.9 Å². The topological polar surface area (TPSA) is 87.4 Å². The molecule has 2 rings (SSSR count). The minimum Gasteiger partial charge on any atom is -0.503 e. The van der Waals surface area contributed by atoms with E-state index >= 15 is 0 Å². The fourth-order valence-electron chi connectivity index (χ4n) is 1.96. The molecule has 0 saturated carbocycles. The Kier molecular flexibility index (Phi) is 5.86. The Morgan fingerprint density at radius 1 is 1.20 bits per heavy atom. The highest BCUT2D eigenvalue weighted by atomic mass is 35.5. The molecule has 0 unspecified atom stereocenters. The molecule has 0 bridgehead atoms. The van der Waals surface area contributed by atoms with Gasteiger partial charge in [0, 0.05) is 5.02 Å². The van der Waals surface area contributed by atoms with Crippen molar-refractivity contribution in [3.8, 4) is 17.6 Å². The van der Waals surface area contributed by atoms with Crippen LogP contribution in [0.25, 0.3) is 6.08 Å². The molecule has 1 N–H and O–H groups in total. The van der Waals surface area contributed by atoms with Gasteiger partial charge in [0.1, 0.15) is 11.0 Å². The Bertz CT molecular complexity index is 1010. The molecule has 0 aromatic heterocycles. The fourth-order valence-corrected chi connectivity index (χ4v) is 4.09. The number of allylic oxidation sites excluding steroid dienone is 1. The molecule has 0 saturated heterocycles. The summed E-state index contributed by atoms with van der Waals surface area (Å²) in [5, 5.41) is 19.1. The summed E-state index contributed by atoms with van der Waals surface area (Å²) in [5.74, 6) is -0.255. The lowest BCUT2D eigenvalue weighted by Gasteiger charge is -2.08. The van der Waals surface area contributed by atoms with Gasteiger partial charge in [-0.15, -0.1) is 0 Å². The van der Waals surface area contributed by atoms with Crippen molar-refractivity contribution in [2.24, 2.45) is 0 Å². The van der Waals surface area contributed by atoms with E-state index in [2.05, 4.69) is 0 Å². The van der Waals surface area contributed by atoms with E-state index in [-0.39, 0.29) is 37.0 Å². The number of methoxy groups -OCH3 is 1. The summed E-state index contributed by atoms with van der Waals surface area (Å²) < 4.78 is 30.4. The third-order valence-electron chi connectivity index (χ3n) is 3.15. The molecule has 0 atom stereocenters. The van der Waals surface area contributed by atoms with Crippen LogP contribution in [0.4, 0.5) is 0 Å². The smallest absolute Gasteiger partial charge is 0.218 e. The summed E-state index contributed by atoms with van der Waals surface area (Å²) in [6.07, 6.45) is 1.10. The number of halogens is 3. The molecule has 0 aliphatic heterocycles. The Morgan fingerprint density at radius 2 is 1.88 bits per heavy atom. The number of sulfone groups is 1. The number of phenolic OH excluding ortho intramolecular Hbond substituents is 1. The molecule has 5 nitrogen and oxygen atoms in total. The molecule has 130 valence electrons. The predicted molar refractivity (Wildman–Crippen MR) is 96.9 cm³/mol. The number of nitriles is 1. The molecule has 0 amide bonds. The van der Waals surface area contributed by atoms with Gasteiger partial charge in [-0.2, -0.15) is 5.26 Å². The first-order valence-electron chi connectivity index (χ1n) is 6.59. The van der Waals surface area contributed by atoms with Crippen LogP contribution in [-0.2, 0) is 9.84 Å². The number of ether oxygens (including phenoxy) is 1. The Labute approximate surface area is 159 Å². The largest absolute Gasteiger partial charge is 0.503 e. The summed E-state index contributed by atoms with van der Waals surface area (Å²) in [7, 11) is -2.90. The molecule has 9 heteroatoms. The predicted octanol–water partition coefficient (Wildman–Crippen LogP) is 4.70. The Balaban J connectivity index is 2.64. The van der Waals surface area contributed by atoms with Crippen LogP contribution in [0.3, 0.4) is 0 Å². The summed E-state index contributed by atoms with van der Waals surface area (Å²) in [5.41, 5.74) is 0.248. The first-order chi connectivity index (χ1) is 11.7. The maximum absolute atomic E-state index is 12.7. The third-order valence-corrected chi connectivity index (χ3v) is 5.82. The molecule has 0 spiro atoms. The second kappa shape index (κ2) is 7.54. The average molecular weight is 419 g/mol. The summed E-state index contributed by atoms with van der Waals surface area (Å²) in [6.45, 7) is 0. The Morgan fingerprint density at radius 3 is 2.48 bits per heavy atom. The maximum atomic E-state index is 12.7. The van der Waals surface area contributed by atoms with Gasteiger partial charge in [-0.1, -0.05) is 34.8 Å². The zero-order valence-electron chi connectivity index (χ0n) is 12.6. The number of nitrogens with zero attached hydrogens (tertiary/aromatic N) is 1. The van der Waals surface area contributed by atoms with Crippen LogP contribution in [0.1, 0.15) is 5.56 Å². The standard InChI is InChI=1S/C16H10Cl3NO4S/c1-24-14-6-9(5-13(19)16(14)21)4-11(8-20)25(22,23)15-7-10(17)2-3-12(15)18/h2-7,21H,1H3/b11-4+. The molecule has 0 aliphatic carbocycles. The average Bonchev–Trinajstić information content (AvgIpc) is 2.57. The third kappa shape index (κ3) is 4.02. The van der Waals surface area contributed by atoms with Crippen molar-refractivity contribution in [1.82, 2.24) is 0 Å². The van der Waals surface area contributed by atoms with E-state index in [1.54, 1.807) is 6.07 Å². The lowest BCUT2D eigenvalue weighted by atomic mass is 10.2. The first-order valence-corrected chi connectivity index (χ1v) is 9.21. The van der Waals surface area contributed by atoms with Gasteiger partial charge in [0.2, 0.25) is 9.84 Å². The van der Waals surface area contributed by atoms with Crippen molar-refractivity contribution in [3.63, 3.8) is 0 Å². The number of hydrogen-bond acceptors (Lipinski definition) is 5. The first kappa shape index (κ1) is 19.4. The van der Waals surface area contributed by atoms with Crippen molar-refractivity contribution in [2.45, 2.75) is 4.90 Å². The van der Waals surface area contributed by atoms with Crippen molar-refractivity contribution in [1.29, 1.82) is 5.26 Å². The van der Waals surface area contributed by atoms with E-state index < -0.39 is 14.7 Å². The van der Waals surface area contributed by atoms with Gasteiger partial charge in [0.05, 0.1) is 22.1 Å². The number of aromatic hydroxyl groups is 1. The minimum absolute atomic E-state index is 0.0363. The molecule has 2 aromatic carbocycles. The van der Waals surface area contributed by atoms with Gasteiger partial charge in [-0.05, 0) is 42.0 Å². The van der Waals surface area contributed by atoms with Gasteiger partial charge >= 0.3 is 0 Å². The molecule has 2 aromatic rings. The number of benzene rings is 2. The van der Waals surface area contributed by atoms with Crippen LogP contribution >= 0.6 is 34.8 Å². The van der Waals surface area contributed by atoms with Crippen molar-refractivity contribution >= 4 is 50.7 Å². The van der Waals surface area contributed by atoms with Crippen LogP contribution < -0.4 is 4.74 Å². The minimum atomic E-state index is -4.21. The highest BCUT2D eigenvalue weighted by molar-refractivity contribution is 7.95. The summed E-state index contributed by atoms with van der Waals surface area (Å²) >= 11 is 17.6. The van der Waals surface area contributed by atoms with Crippen LogP contribution in [0, 0.1) is 11.3 Å². The molecule has 0 radical (unpaired) electrons. The molecule has 0 fully saturated rings. The van der Waals surface area contributed by atoms with E-state index in [1.165, 1.54) is 31.4 Å². The van der Waals surface area contributed by atoms with Gasteiger partial charge in [-0.25, -0.2) is 8.42 Å². The van der Waals surface area contributed by atoms with E-state index in [4.69, 9.17) is 39.5 Å². The van der Waals surface area contributed by atoms with Gasteiger partial charge < -0.3 is 9.84 Å². The monoisotopic (exact) mass is 417 g/mol. The van der Waals surface area contributed by atoms with Crippen LogP contribution in [0.5, 0.6) is 11.5 Å².